The SMILES string of the molecule is O=C(O)CSCCCCCl. The summed E-state index contributed by atoms with van der Waals surface area (Å²) in [4.78, 5) is 9.99. The number of carboxylic acids is 1. The second-order valence-corrected chi connectivity index (χ2v) is 3.33. The van der Waals surface area contributed by atoms with Crippen LogP contribution in [0.2, 0.25) is 0 Å². The molecule has 0 fully saturated rings. The fourth-order valence-corrected chi connectivity index (χ4v) is 1.37. The minimum atomic E-state index is -0.740. The Bertz CT molecular complexity index is 97.7. The van der Waals surface area contributed by atoms with Crippen molar-refractivity contribution in [2.75, 3.05) is 17.4 Å². The van der Waals surface area contributed by atoms with Gasteiger partial charge in [-0.3, -0.25) is 4.79 Å². The summed E-state index contributed by atoms with van der Waals surface area (Å²) in [5.74, 6) is 1.05. The Labute approximate surface area is 69.9 Å². The van der Waals surface area contributed by atoms with Crippen molar-refractivity contribution < 1.29 is 9.90 Å². The van der Waals surface area contributed by atoms with Gasteiger partial charge in [-0.25, -0.2) is 0 Å². The van der Waals surface area contributed by atoms with E-state index in [2.05, 4.69) is 0 Å². The maximum atomic E-state index is 9.99. The van der Waals surface area contributed by atoms with Gasteiger partial charge in [0.1, 0.15) is 0 Å². The molecule has 0 heterocycles. The number of rotatable bonds is 6. The van der Waals surface area contributed by atoms with Crippen LogP contribution in [0.3, 0.4) is 0 Å². The highest BCUT2D eigenvalue weighted by Gasteiger charge is 1.95. The van der Waals surface area contributed by atoms with E-state index in [-0.39, 0.29) is 5.75 Å². The molecule has 0 aromatic heterocycles. The molecule has 0 radical (unpaired) electrons. The molecule has 0 aromatic rings. The largest absolute Gasteiger partial charge is 0.481 e. The molecule has 60 valence electrons. The van der Waals surface area contributed by atoms with E-state index in [1.807, 2.05) is 0 Å². The van der Waals surface area contributed by atoms with Crippen molar-refractivity contribution in [3.63, 3.8) is 0 Å². The van der Waals surface area contributed by atoms with Gasteiger partial charge < -0.3 is 5.11 Å². The Morgan fingerprint density at radius 1 is 1.50 bits per heavy atom. The standard InChI is InChI=1S/C6H11ClO2S/c7-3-1-2-4-10-5-6(8)9/h1-5H2,(H,8,9). The lowest BCUT2D eigenvalue weighted by Crippen LogP contribution is -1.98. The Kier molecular flexibility index (Phi) is 7.30. The number of aliphatic carboxylic acids is 1. The smallest absolute Gasteiger partial charge is 0.313 e. The van der Waals surface area contributed by atoms with Crippen LogP contribution in [-0.4, -0.2) is 28.5 Å². The van der Waals surface area contributed by atoms with Gasteiger partial charge in [-0.05, 0) is 18.6 Å². The van der Waals surface area contributed by atoms with Crippen LogP contribution in [-0.2, 0) is 4.79 Å². The average molecular weight is 183 g/mol. The molecule has 10 heavy (non-hydrogen) atoms. The average Bonchev–Trinajstić information content (AvgIpc) is 1.87. The topological polar surface area (TPSA) is 37.3 Å². The van der Waals surface area contributed by atoms with Gasteiger partial charge in [-0.15, -0.1) is 11.6 Å². The quantitative estimate of drug-likeness (QED) is 0.503. The van der Waals surface area contributed by atoms with Crippen LogP contribution >= 0.6 is 23.4 Å². The van der Waals surface area contributed by atoms with E-state index >= 15 is 0 Å². The molecule has 0 spiro atoms. The lowest BCUT2D eigenvalue weighted by Gasteiger charge is -1.94. The van der Waals surface area contributed by atoms with Gasteiger partial charge in [-0.1, -0.05) is 0 Å². The van der Waals surface area contributed by atoms with E-state index in [1.54, 1.807) is 0 Å². The summed E-state index contributed by atoms with van der Waals surface area (Å²) in [6, 6.07) is 0. The number of unbranched alkanes of at least 4 members (excludes halogenated alkanes) is 1. The monoisotopic (exact) mass is 182 g/mol. The fourth-order valence-electron chi connectivity index (χ4n) is 0.458. The lowest BCUT2D eigenvalue weighted by molar-refractivity contribution is -0.133. The molecule has 4 heteroatoms. The van der Waals surface area contributed by atoms with Crippen molar-refractivity contribution in [3.8, 4) is 0 Å². The molecule has 0 saturated heterocycles. The van der Waals surface area contributed by atoms with E-state index < -0.39 is 5.97 Å². The molecule has 0 bridgehead atoms. The fraction of sp³-hybridized carbons (Fsp3) is 0.833. The van der Waals surface area contributed by atoms with Gasteiger partial charge in [0.05, 0.1) is 5.75 Å². The molecule has 0 atom stereocenters. The highest BCUT2D eigenvalue weighted by molar-refractivity contribution is 7.99. The van der Waals surface area contributed by atoms with Crippen molar-refractivity contribution in [1.29, 1.82) is 0 Å². The van der Waals surface area contributed by atoms with E-state index in [0.717, 1.165) is 18.6 Å². The molecule has 0 rings (SSSR count). The molecule has 0 aromatic carbocycles. The van der Waals surface area contributed by atoms with Crippen LogP contribution in [0.1, 0.15) is 12.8 Å². The number of carboxylic acid groups (broad SMARTS) is 1. The first-order valence-corrected chi connectivity index (χ1v) is 4.82. The molecule has 0 unspecified atom stereocenters. The van der Waals surface area contributed by atoms with Crippen molar-refractivity contribution in [3.05, 3.63) is 0 Å². The molecule has 0 aliphatic carbocycles. The molecular weight excluding hydrogens is 172 g/mol. The van der Waals surface area contributed by atoms with Gasteiger partial charge in [-0.2, -0.15) is 11.8 Å². The highest BCUT2D eigenvalue weighted by atomic mass is 35.5. The van der Waals surface area contributed by atoms with Crippen molar-refractivity contribution in [2.45, 2.75) is 12.8 Å². The summed E-state index contributed by atoms with van der Waals surface area (Å²) in [5, 5.41) is 8.22. The van der Waals surface area contributed by atoms with Crippen molar-refractivity contribution in [2.24, 2.45) is 0 Å². The zero-order chi connectivity index (χ0) is 7.82. The first-order valence-electron chi connectivity index (χ1n) is 3.13. The zero-order valence-electron chi connectivity index (χ0n) is 5.68. The summed E-state index contributed by atoms with van der Waals surface area (Å²) in [6.07, 6.45) is 2.00. The number of hydrogen-bond acceptors (Lipinski definition) is 2. The van der Waals surface area contributed by atoms with Gasteiger partial charge >= 0.3 is 5.97 Å². The van der Waals surface area contributed by atoms with E-state index in [0.29, 0.717) is 5.88 Å². The Morgan fingerprint density at radius 2 is 2.20 bits per heavy atom. The van der Waals surface area contributed by atoms with Crippen molar-refractivity contribution in [1.82, 2.24) is 0 Å². The molecule has 2 nitrogen and oxygen atoms in total. The lowest BCUT2D eigenvalue weighted by atomic mass is 10.4. The third-order valence-corrected chi connectivity index (χ3v) is 2.19. The molecule has 0 saturated carbocycles. The Morgan fingerprint density at radius 3 is 2.70 bits per heavy atom. The van der Waals surface area contributed by atoms with E-state index in [9.17, 15) is 4.79 Å². The Balaban J connectivity index is 2.84. The van der Waals surface area contributed by atoms with Gasteiger partial charge in [0.25, 0.3) is 0 Å². The van der Waals surface area contributed by atoms with E-state index in [4.69, 9.17) is 16.7 Å². The minimum Gasteiger partial charge on any atom is -0.481 e. The summed E-state index contributed by atoms with van der Waals surface area (Å²) in [7, 11) is 0. The predicted molar refractivity (Wildman–Crippen MR) is 44.9 cm³/mol. The Hall–Kier alpha value is 0.110. The van der Waals surface area contributed by atoms with Crippen molar-refractivity contribution >= 4 is 29.3 Å². The maximum absolute atomic E-state index is 9.99. The summed E-state index contributed by atoms with van der Waals surface area (Å²) >= 11 is 6.86. The summed E-state index contributed by atoms with van der Waals surface area (Å²) in [6.45, 7) is 0. The van der Waals surface area contributed by atoms with Gasteiger partial charge in [0.2, 0.25) is 0 Å². The first kappa shape index (κ1) is 10.1. The minimum absolute atomic E-state index is 0.211. The van der Waals surface area contributed by atoms with Gasteiger partial charge in [0, 0.05) is 5.88 Å². The summed E-state index contributed by atoms with van der Waals surface area (Å²) < 4.78 is 0. The third kappa shape index (κ3) is 8.11. The van der Waals surface area contributed by atoms with Gasteiger partial charge in [0.15, 0.2) is 0 Å². The molecule has 0 aliphatic heterocycles. The molecular formula is C6H11ClO2S. The molecule has 0 aliphatic rings. The number of carbonyl (C=O) groups is 1. The second-order valence-electron chi connectivity index (χ2n) is 1.84. The van der Waals surface area contributed by atoms with Crippen LogP contribution in [0.5, 0.6) is 0 Å². The molecule has 0 amide bonds. The van der Waals surface area contributed by atoms with Crippen LogP contribution in [0.15, 0.2) is 0 Å². The summed E-state index contributed by atoms with van der Waals surface area (Å²) in [5.41, 5.74) is 0. The van der Waals surface area contributed by atoms with Crippen LogP contribution in [0.25, 0.3) is 0 Å². The maximum Gasteiger partial charge on any atom is 0.313 e. The normalized spacial score (nSPS) is 9.70. The number of halogens is 1. The predicted octanol–water partition coefficient (Wildman–Crippen LogP) is 1.82. The van der Waals surface area contributed by atoms with Crippen LogP contribution < -0.4 is 0 Å². The highest BCUT2D eigenvalue weighted by Crippen LogP contribution is 2.04. The number of hydrogen-bond donors (Lipinski definition) is 1. The second kappa shape index (κ2) is 7.22. The molecule has 1 N–H and O–H groups in total. The van der Waals surface area contributed by atoms with E-state index in [1.165, 1.54) is 11.8 Å². The number of alkyl halides is 1. The first-order chi connectivity index (χ1) is 4.77. The number of thioether (sulfide) groups is 1. The van der Waals surface area contributed by atoms with Crippen LogP contribution in [0, 0.1) is 0 Å². The third-order valence-electron chi connectivity index (χ3n) is 0.898. The zero-order valence-corrected chi connectivity index (χ0v) is 7.25. The van der Waals surface area contributed by atoms with Crippen LogP contribution in [0.4, 0.5) is 0 Å².